The van der Waals surface area contributed by atoms with E-state index in [1.54, 1.807) is 24.3 Å². The first kappa shape index (κ1) is 12.7. The number of aliphatic carboxylic acids is 1. The molecule has 4 nitrogen and oxygen atoms in total. The van der Waals surface area contributed by atoms with Gasteiger partial charge in [-0.3, -0.25) is 4.79 Å². The van der Waals surface area contributed by atoms with Gasteiger partial charge in [-0.1, -0.05) is 31.2 Å². The summed E-state index contributed by atoms with van der Waals surface area (Å²) in [5.41, 5.74) is 7.23. The first-order valence-electron chi connectivity index (χ1n) is 5.29. The van der Waals surface area contributed by atoms with Gasteiger partial charge < -0.3 is 15.9 Å². The standard InChI is InChI=1S/C12H17NO3/c1-2-10(12(15)16)8-3-5-9(6-4-8)11(13)7-14/h3-6,10-11,14H,2,7,13H2,1H3,(H,15,16). The summed E-state index contributed by atoms with van der Waals surface area (Å²) in [6, 6.07) is 6.64. The molecule has 0 aliphatic carbocycles. The molecule has 88 valence electrons. The monoisotopic (exact) mass is 223 g/mol. The molecule has 0 aromatic heterocycles. The minimum atomic E-state index is -0.818. The van der Waals surface area contributed by atoms with Crippen LogP contribution in [0.2, 0.25) is 0 Å². The maximum absolute atomic E-state index is 10.9. The van der Waals surface area contributed by atoms with Crippen molar-refractivity contribution in [3.8, 4) is 0 Å². The SMILES string of the molecule is CCC(C(=O)O)c1ccc(C(N)CO)cc1. The van der Waals surface area contributed by atoms with E-state index in [1.807, 2.05) is 6.92 Å². The average Bonchev–Trinajstić information content (AvgIpc) is 2.29. The summed E-state index contributed by atoms with van der Waals surface area (Å²) in [4.78, 5) is 10.9. The van der Waals surface area contributed by atoms with E-state index in [1.165, 1.54) is 0 Å². The highest BCUT2D eigenvalue weighted by Crippen LogP contribution is 2.21. The van der Waals surface area contributed by atoms with Gasteiger partial charge in [0.25, 0.3) is 0 Å². The zero-order valence-electron chi connectivity index (χ0n) is 9.26. The molecule has 0 saturated carbocycles. The summed E-state index contributed by atoms with van der Waals surface area (Å²) in [6.45, 7) is 1.72. The molecule has 0 spiro atoms. The molecule has 0 amide bonds. The van der Waals surface area contributed by atoms with Gasteiger partial charge in [0.05, 0.1) is 18.6 Å². The number of carboxylic acid groups (broad SMARTS) is 1. The van der Waals surface area contributed by atoms with E-state index in [9.17, 15) is 4.79 Å². The lowest BCUT2D eigenvalue weighted by molar-refractivity contribution is -0.138. The van der Waals surface area contributed by atoms with Crippen molar-refractivity contribution in [2.75, 3.05) is 6.61 Å². The highest BCUT2D eigenvalue weighted by atomic mass is 16.4. The molecule has 1 aromatic carbocycles. The second-order valence-electron chi connectivity index (χ2n) is 3.75. The number of carbonyl (C=O) groups is 1. The number of benzene rings is 1. The molecule has 0 saturated heterocycles. The van der Waals surface area contributed by atoms with E-state index in [4.69, 9.17) is 15.9 Å². The van der Waals surface area contributed by atoms with Gasteiger partial charge in [-0.2, -0.15) is 0 Å². The fourth-order valence-corrected chi connectivity index (χ4v) is 1.63. The average molecular weight is 223 g/mol. The predicted octanol–water partition coefficient (Wildman–Crippen LogP) is 1.26. The van der Waals surface area contributed by atoms with Crippen molar-refractivity contribution in [1.29, 1.82) is 0 Å². The van der Waals surface area contributed by atoms with Gasteiger partial charge in [-0.05, 0) is 17.5 Å². The van der Waals surface area contributed by atoms with Crippen molar-refractivity contribution >= 4 is 5.97 Å². The van der Waals surface area contributed by atoms with E-state index >= 15 is 0 Å². The number of hydrogen-bond donors (Lipinski definition) is 3. The van der Waals surface area contributed by atoms with Crippen molar-refractivity contribution in [3.05, 3.63) is 35.4 Å². The van der Waals surface area contributed by atoms with Gasteiger partial charge in [-0.25, -0.2) is 0 Å². The van der Waals surface area contributed by atoms with Crippen LogP contribution in [0.5, 0.6) is 0 Å². The minimum Gasteiger partial charge on any atom is -0.481 e. The Morgan fingerprint density at radius 2 is 1.81 bits per heavy atom. The summed E-state index contributed by atoms with van der Waals surface area (Å²) < 4.78 is 0. The normalized spacial score (nSPS) is 14.4. The molecule has 1 aromatic rings. The third kappa shape index (κ3) is 2.81. The Morgan fingerprint density at radius 1 is 1.31 bits per heavy atom. The first-order valence-corrected chi connectivity index (χ1v) is 5.29. The third-order valence-electron chi connectivity index (χ3n) is 2.67. The molecule has 2 unspecified atom stereocenters. The molecule has 0 radical (unpaired) electrons. The fourth-order valence-electron chi connectivity index (χ4n) is 1.63. The van der Waals surface area contributed by atoms with Crippen molar-refractivity contribution < 1.29 is 15.0 Å². The Kier molecular flexibility index (Phi) is 4.46. The van der Waals surface area contributed by atoms with Crippen LogP contribution in [-0.2, 0) is 4.79 Å². The van der Waals surface area contributed by atoms with Crippen molar-refractivity contribution in [2.45, 2.75) is 25.3 Å². The van der Waals surface area contributed by atoms with Crippen LogP contribution in [0, 0.1) is 0 Å². The number of carboxylic acids is 1. The van der Waals surface area contributed by atoms with Gasteiger partial charge in [0.1, 0.15) is 0 Å². The van der Waals surface area contributed by atoms with Gasteiger partial charge in [0.15, 0.2) is 0 Å². The lowest BCUT2D eigenvalue weighted by atomic mass is 9.95. The molecule has 2 atom stereocenters. The lowest BCUT2D eigenvalue weighted by Gasteiger charge is -2.12. The van der Waals surface area contributed by atoms with Gasteiger partial charge in [-0.15, -0.1) is 0 Å². The Morgan fingerprint density at radius 3 is 2.19 bits per heavy atom. The molecule has 4 N–H and O–H groups in total. The third-order valence-corrected chi connectivity index (χ3v) is 2.67. The Balaban J connectivity index is 2.89. The van der Waals surface area contributed by atoms with Crippen LogP contribution in [0.1, 0.15) is 36.4 Å². The van der Waals surface area contributed by atoms with Crippen LogP contribution in [0.15, 0.2) is 24.3 Å². The topological polar surface area (TPSA) is 83.5 Å². The van der Waals surface area contributed by atoms with E-state index in [0.29, 0.717) is 6.42 Å². The number of rotatable bonds is 5. The molecular weight excluding hydrogens is 206 g/mol. The molecule has 4 heteroatoms. The van der Waals surface area contributed by atoms with Crippen LogP contribution >= 0.6 is 0 Å². The molecule has 16 heavy (non-hydrogen) atoms. The van der Waals surface area contributed by atoms with E-state index in [0.717, 1.165) is 11.1 Å². The van der Waals surface area contributed by atoms with E-state index < -0.39 is 17.9 Å². The first-order chi connectivity index (χ1) is 7.60. The maximum Gasteiger partial charge on any atom is 0.310 e. The minimum absolute atomic E-state index is 0.116. The van der Waals surface area contributed by atoms with Gasteiger partial charge in [0, 0.05) is 0 Å². The Bertz CT molecular complexity index is 348. The molecule has 1 rings (SSSR count). The smallest absolute Gasteiger partial charge is 0.310 e. The zero-order chi connectivity index (χ0) is 12.1. The van der Waals surface area contributed by atoms with Crippen LogP contribution in [0.4, 0.5) is 0 Å². The molecular formula is C12H17NO3. The summed E-state index contributed by atoms with van der Waals surface area (Å²) >= 11 is 0. The zero-order valence-corrected chi connectivity index (χ0v) is 9.26. The van der Waals surface area contributed by atoms with Crippen molar-refractivity contribution in [1.82, 2.24) is 0 Å². The summed E-state index contributed by atoms with van der Waals surface area (Å²) in [5, 5.41) is 17.9. The number of aliphatic hydroxyl groups excluding tert-OH is 1. The van der Waals surface area contributed by atoms with Crippen LogP contribution in [0.3, 0.4) is 0 Å². The summed E-state index contributed by atoms with van der Waals surface area (Å²) in [5.74, 6) is -1.29. The number of aliphatic hydroxyl groups is 1. The maximum atomic E-state index is 10.9. The second kappa shape index (κ2) is 5.63. The Hall–Kier alpha value is -1.39. The molecule has 0 bridgehead atoms. The van der Waals surface area contributed by atoms with E-state index in [-0.39, 0.29) is 6.61 Å². The Labute approximate surface area is 94.7 Å². The fraction of sp³-hybridized carbons (Fsp3) is 0.417. The molecule has 0 fully saturated rings. The highest BCUT2D eigenvalue weighted by molar-refractivity contribution is 5.75. The van der Waals surface area contributed by atoms with Crippen molar-refractivity contribution in [2.24, 2.45) is 5.73 Å². The predicted molar refractivity (Wildman–Crippen MR) is 61.1 cm³/mol. The highest BCUT2D eigenvalue weighted by Gasteiger charge is 2.17. The lowest BCUT2D eigenvalue weighted by Crippen LogP contribution is -2.15. The van der Waals surface area contributed by atoms with Gasteiger partial charge in [0.2, 0.25) is 0 Å². The van der Waals surface area contributed by atoms with Crippen LogP contribution in [0.25, 0.3) is 0 Å². The number of nitrogens with two attached hydrogens (primary N) is 1. The van der Waals surface area contributed by atoms with Crippen molar-refractivity contribution in [3.63, 3.8) is 0 Å². The van der Waals surface area contributed by atoms with E-state index in [2.05, 4.69) is 0 Å². The van der Waals surface area contributed by atoms with Gasteiger partial charge >= 0.3 is 5.97 Å². The largest absolute Gasteiger partial charge is 0.481 e. The summed E-state index contributed by atoms with van der Waals surface area (Å²) in [6.07, 6.45) is 0.556. The molecule has 0 aliphatic heterocycles. The van der Waals surface area contributed by atoms with Crippen LogP contribution < -0.4 is 5.73 Å². The second-order valence-corrected chi connectivity index (χ2v) is 3.75. The molecule has 0 aliphatic rings. The quantitative estimate of drug-likeness (QED) is 0.701. The number of hydrogen-bond acceptors (Lipinski definition) is 3. The summed E-state index contributed by atoms with van der Waals surface area (Å²) in [7, 11) is 0. The van der Waals surface area contributed by atoms with Crippen LogP contribution in [-0.4, -0.2) is 22.8 Å². The molecule has 0 heterocycles.